The van der Waals surface area contributed by atoms with Gasteiger partial charge in [-0.1, -0.05) is 30.3 Å². The zero-order valence-electron chi connectivity index (χ0n) is 18.0. The SMILES string of the molecule is Cn1cc(-c2[nH]c3cc(NC(=O)[C@H](N)CCc4ccccc4)cc4c3c2C=NNC4=O)cn1. The second-order valence-electron chi connectivity index (χ2n) is 8.08. The van der Waals surface area contributed by atoms with Gasteiger partial charge in [-0.3, -0.25) is 14.3 Å². The molecule has 9 heteroatoms. The summed E-state index contributed by atoms with van der Waals surface area (Å²) in [5.41, 5.74) is 13.8. The van der Waals surface area contributed by atoms with E-state index >= 15 is 0 Å². The largest absolute Gasteiger partial charge is 0.354 e. The molecule has 5 rings (SSSR count). The third-order valence-corrected chi connectivity index (χ3v) is 5.73. The molecular formula is C24H23N7O2. The summed E-state index contributed by atoms with van der Waals surface area (Å²) in [6.45, 7) is 0. The van der Waals surface area contributed by atoms with E-state index in [1.807, 2.05) is 43.6 Å². The Morgan fingerprint density at radius 1 is 1.24 bits per heavy atom. The van der Waals surface area contributed by atoms with Gasteiger partial charge in [0, 0.05) is 41.0 Å². The minimum absolute atomic E-state index is 0.304. The smallest absolute Gasteiger partial charge is 0.272 e. The number of H-pyrrole nitrogens is 1. The molecule has 0 saturated heterocycles. The van der Waals surface area contributed by atoms with E-state index in [9.17, 15) is 9.59 Å². The number of aromatic nitrogens is 3. The second-order valence-corrected chi connectivity index (χ2v) is 8.08. The molecule has 1 aliphatic rings. The molecule has 0 fully saturated rings. The van der Waals surface area contributed by atoms with E-state index in [-0.39, 0.29) is 11.8 Å². The minimum Gasteiger partial charge on any atom is -0.354 e. The monoisotopic (exact) mass is 441 g/mol. The first-order valence-corrected chi connectivity index (χ1v) is 10.6. The fourth-order valence-electron chi connectivity index (χ4n) is 4.06. The van der Waals surface area contributed by atoms with Gasteiger partial charge in [0.25, 0.3) is 5.91 Å². The van der Waals surface area contributed by atoms with E-state index in [0.29, 0.717) is 29.6 Å². The molecule has 166 valence electrons. The summed E-state index contributed by atoms with van der Waals surface area (Å²) in [4.78, 5) is 28.8. The van der Waals surface area contributed by atoms with Crippen molar-refractivity contribution >= 4 is 34.6 Å². The number of hydrogen-bond donors (Lipinski definition) is 4. The Morgan fingerprint density at radius 2 is 2.06 bits per heavy atom. The summed E-state index contributed by atoms with van der Waals surface area (Å²) in [6, 6.07) is 12.7. The first-order valence-electron chi connectivity index (χ1n) is 10.6. The van der Waals surface area contributed by atoms with Crippen LogP contribution in [0, 0.1) is 0 Å². The van der Waals surface area contributed by atoms with Gasteiger partial charge in [0.15, 0.2) is 0 Å². The molecule has 5 N–H and O–H groups in total. The van der Waals surface area contributed by atoms with E-state index in [4.69, 9.17) is 5.73 Å². The first kappa shape index (κ1) is 20.7. The number of carbonyl (C=O) groups is 2. The Hall–Kier alpha value is -4.24. The van der Waals surface area contributed by atoms with Crippen LogP contribution in [0.4, 0.5) is 5.69 Å². The van der Waals surface area contributed by atoms with Crippen LogP contribution < -0.4 is 16.5 Å². The number of benzene rings is 2. The molecule has 0 spiro atoms. The number of carbonyl (C=O) groups excluding carboxylic acids is 2. The van der Waals surface area contributed by atoms with Gasteiger partial charge >= 0.3 is 0 Å². The van der Waals surface area contributed by atoms with E-state index < -0.39 is 6.04 Å². The van der Waals surface area contributed by atoms with Crippen molar-refractivity contribution in [2.75, 3.05) is 5.32 Å². The fraction of sp³-hybridized carbons (Fsp3) is 0.167. The molecule has 1 atom stereocenters. The molecule has 0 bridgehead atoms. The second kappa shape index (κ2) is 8.36. The summed E-state index contributed by atoms with van der Waals surface area (Å²) >= 11 is 0. The topological polar surface area (TPSA) is 130 Å². The molecule has 0 saturated carbocycles. The standard InChI is InChI=1S/C24H23N7O2/c1-31-13-15(11-27-31)22-18-12-26-30-23(32)17-9-16(10-20(29-22)21(17)18)28-24(33)19(25)8-7-14-5-3-2-4-6-14/h2-6,9-13,19,29H,7-8,25H2,1H3,(H,28,33)(H,30,32)/t19-/m1/s1. The number of aromatic amines is 1. The van der Waals surface area contributed by atoms with Crippen molar-refractivity contribution in [3.05, 3.63) is 71.5 Å². The summed E-state index contributed by atoms with van der Waals surface area (Å²) < 4.78 is 1.70. The van der Waals surface area contributed by atoms with Crippen LogP contribution in [0.3, 0.4) is 0 Å². The molecule has 2 aromatic carbocycles. The highest BCUT2D eigenvalue weighted by Gasteiger charge is 2.23. The Bertz CT molecular complexity index is 1380. The first-order chi connectivity index (χ1) is 16.0. The molecule has 2 amide bonds. The van der Waals surface area contributed by atoms with Crippen LogP contribution >= 0.6 is 0 Å². The van der Waals surface area contributed by atoms with Crippen molar-refractivity contribution in [3.63, 3.8) is 0 Å². The predicted molar refractivity (Wildman–Crippen MR) is 127 cm³/mol. The van der Waals surface area contributed by atoms with Gasteiger partial charge in [-0.15, -0.1) is 0 Å². The van der Waals surface area contributed by atoms with Crippen molar-refractivity contribution in [2.45, 2.75) is 18.9 Å². The van der Waals surface area contributed by atoms with E-state index in [0.717, 1.165) is 27.8 Å². The average molecular weight is 441 g/mol. The third-order valence-electron chi connectivity index (χ3n) is 5.73. The van der Waals surface area contributed by atoms with Gasteiger partial charge in [-0.05, 0) is 30.5 Å². The summed E-state index contributed by atoms with van der Waals surface area (Å²) in [6.07, 6.45) is 6.45. The number of amides is 2. The maximum absolute atomic E-state index is 12.7. The Labute approximate surface area is 189 Å². The van der Waals surface area contributed by atoms with Crippen LogP contribution in [0.25, 0.3) is 22.2 Å². The Kier molecular flexibility index (Phi) is 5.23. The van der Waals surface area contributed by atoms with Crippen molar-refractivity contribution in [3.8, 4) is 11.3 Å². The number of hydrogen-bond acceptors (Lipinski definition) is 5. The lowest BCUT2D eigenvalue weighted by molar-refractivity contribution is -0.117. The highest BCUT2D eigenvalue weighted by atomic mass is 16.2. The van der Waals surface area contributed by atoms with Crippen molar-refractivity contribution in [1.82, 2.24) is 20.2 Å². The lowest BCUT2D eigenvalue weighted by Crippen LogP contribution is -2.36. The number of anilines is 1. The van der Waals surface area contributed by atoms with Gasteiger partial charge < -0.3 is 16.0 Å². The number of nitrogens with zero attached hydrogens (tertiary/aromatic N) is 3. The molecule has 1 aliphatic heterocycles. The lowest BCUT2D eigenvalue weighted by atomic mass is 10.0. The number of nitrogens with two attached hydrogens (primary N) is 1. The van der Waals surface area contributed by atoms with Crippen LogP contribution in [0.5, 0.6) is 0 Å². The number of rotatable bonds is 6. The molecule has 9 nitrogen and oxygen atoms in total. The average Bonchev–Trinajstić information content (AvgIpc) is 3.36. The molecule has 0 unspecified atom stereocenters. The zero-order valence-corrected chi connectivity index (χ0v) is 18.0. The normalized spacial score (nSPS) is 13.6. The van der Waals surface area contributed by atoms with Gasteiger partial charge in [0.05, 0.1) is 29.7 Å². The van der Waals surface area contributed by atoms with Crippen molar-refractivity contribution in [2.24, 2.45) is 17.9 Å². The third kappa shape index (κ3) is 4.01. The summed E-state index contributed by atoms with van der Waals surface area (Å²) in [5.74, 6) is -0.654. The van der Waals surface area contributed by atoms with Crippen LogP contribution in [0.1, 0.15) is 27.9 Å². The highest BCUT2D eigenvalue weighted by Crippen LogP contribution is 2.34. The number of hydrazone groups is 1. The van der Waals surface area contributed by atoms with Gasteiger partial charge in [-0.25, -0.2) is 5.43 Å². The van der Waals surface area contributed by atoms with E-state index in [1.54, 1.807) is 29.2 Å². The molecule has 2 aromatic heterocycles. The molecule has 0 radical (unpaired) electrons. The van der Waals surface area contributed by atoms with Crippen LogP contribution in [0.2, 0.25) is 0 Å². The van der Waals surface area contributed by atoms with Crippen molar-refractivity contribution < 1.29 is 9.59 Å². The molecule has 0 aliphatic carbocycles. The van der Waals surface area contributed by atoms with Crippen LogP contribution in [-0.2, 0) is 18.3 Å². The van der Waals surface area contributed by atoms with Crippen molar-refractivity contribution in [1.29, 1.82) is 0 Å². The minimum atomic E-state index is -0.678. The molecule has 3 heterocycles. The maximum Gasteiger partial charge on any atom is 0.272 e. The molecule has 4 aromatic rings. The summed E-state index contributed by atoms with van der Waals surface area (Å²) in [7, 11) is 1.84. The number of aryl methyl sites for hydroxylation is 2. The predicted octanol–water partition coefficient (Wildman–Crippen LogP) is 2.54. The fourth-order valence-corrected chi connectivity index (χ4v) is 4.06. The summed E-state index contributed by atoms with van der Waals surface area (Å²) in [5, 5.41) is 11.9. The lowest BCUT2D eigenvalue weighted by Gasteiger charge is -2.13. The van der Waals surface area contributed by atoms with Crippen LogP contribution in [0.15, 0.2) is 60.0 Å². The van der Waals surface area contributed by atoms with Crippen LogP contribution in [-0.4, -0.2) is 38.8 Å². The molecule has 33 heavy (non-hydrogen) atoms. The Balaban J connectivity index is 1.44. The highest BCUT2D eigenvalue weighted by molar-refractivity contribution is 6.18. The van der Waals surface area contributed by atoms with Gasteiger partial charge in [0.1, 0.15) is 0 Å². The quantitative estimate of drug-likeness (QED) is 0.366. The van der Waals surface area contributed by atoms with Gasteiger partial charge in [0.2, 0.25) is 5.91 Å². The number of nitrogens with one attached hydrogen (secondary N) is 3. The van der Waals surface area contributed by atoms with E-state index in [2.05, 4.69) is 25.9 Å². The Morgan fingerprint density at radius 3 is 2.82 bits per heavy atom. The zero-order chi connectivity index (χ0) is 22.9. The van der Waals surface area contributed by atoms with E-state index in [1.165, 1.54) is 0 Å². The maximum atomic E-state index is 12.7. The molecular weight excluding hydrogens is 418 g/mol. The van der Waals surface area contributed by atoms with Gasteiger partial charge in [-0.2, -0.15) is 10.2 Å².